The second kappa shape index (κ2) is 12.2. The molecule has 0 radical (unpaired) electrons. The predicted molar refractivity (Wildman–Crippen MR) is 134 cm³/mol. The zero-order valence-corrected chi connectivity index (χ0v) is 25.3. The first-order valence-electron chi connectivity index (χ1n) is 13.3. The molecule has 0 spiro atoms. The summed E-state index contributed by atoms with van der Waals surface area (Å²) in [6.07, 6.45) is -60.1. The van der Waals surface area contributed by atoms with Crippen molar-refractivity contribution in [3.63, 3.8) is 0 Å². The number of alkyl halides is 24. The highest BCUT2D eigenvalue weighted by Gasteiger charge is 2.77. The van der Waals surface area contributed by atoms with Gasteiger partial charge in [-0.05, 0) is 22.9 Å². The van der Waals surface area contributed by atoms with Gasteiger partial charge in [0.25, 0.3) is 22.4 Å². The molecule has 0 aliphatic heterocycles. The van der Waals surface area contributed by atoms with E-state index in [2.05, 4.69) is 0 Å². The first-order valence-corrected chi connectivity index (χ1v) is 13.3. The third-order valence-electron chi connectivity index (χ3n) is 8.32. The van der Waals surface area contributed by atoms with Crippen LogP contribution < -0.4 is 11.5 Å². The third-order valence-corrected chi connectivity index (χ3v) is 8.32. The maximum atomic E-state index is 14.3. The standard InChI is InChI=1S/C26H12F24N2O4/c27-19(28,29)15(53,20(30,31)32)7-3-9(17(55,23(39,40)41)24(42,43)44)13(51)5-1-2-6-12(11(5)7)8(16(54,21(33,34)35)22(36,37)38)4-10(14(6)52)18(56,25(45,46)47)26(48,49)50/h1-4,53-56H,51-52H2. The van der Waals surface area contributed by atoms with Gasteiger partial charge >= 0.3 is 49.4 Å². The van der Waals surface area contributed by atoms with Gasteiger partial charge in [0, 0.05) is 44.4 Å². The summed E-state index contributed by atoms with van der Waals surface area (Å²) in [5.41, 5.74) is -37.6. The zero-order valence-electron chi connectivity index (χ0n) is 25.3. The van der Waals surface area contributed by atoms with Crippen molar-refractivity contribution >= 4 is 32.9 Å². The molecule has 0 unspecified atom stereocenters. The van der Waals surface area contributed by atoms with E-state index < -0.39 is 151 Å². The Morgan fingerprint density at radius 1 is 0.304 bits per heavy atom. The summed E-state index contributed by atoms with van der Waals surface area (Å²) in [6, 6.07) is -4.95. The highest BCUT2D eigenvalue weighted by molar-refractivity contribution is 6.18. The molecule has 0 atom stereocenters. The van der Waals surface area contributed by atoms with Crippen LogP contribution in [-0.4, -0.2) is 69.8 Å². The van der Waals surface area contributed by atoms with Crippen molar-refractivity contribution in [2.45, 2.75) is 71.8 Å². The molecule has 3 aromatic carbocycles. The van der Waals surface area contributed by atoms with Gasteiger partial charge in [-0.25, -0.2) is 0 Å². The minimum atomic E-state index is -7.66. The number of nitrogen functional groups attached to an aromatic ring is 2. The summed E-state index contributed by atoms with van der Waals surface area (Å²) in [5, 5.41) is 28.9. The van der Waals surface area contributed by atoms with Crippen LogP contribution in [0.1, 0.15) is 22.3 Å². The highest BCUT2D eigenvalue weighted by atomic mass is 19.4. The Hall–Kier alpha value is -4.06. The zero-order chi connectivity index (χ0) is 44.6. The Morgan fingerprint density at radius 2 is 0.464 bits per heavy atom. The molecule has 0 saturated heterocycles. The SMILES string of the molecule is Nc1c(C(O)(C(F)(F)F)C(F)(F)F)cc(C(O)(C(F)(F)F)C(F)(F)F)c2c1ccc1c(N)c(C(O)(C(F)(F)F)C(F)(F)F)cc(C(O)(C(F)(F)F)C(F)(F)F)c12. The van der Waals surface area contributed by atoms with E-state index in [4.69, 9.17) is 11.5 Å². The van der Waals surface area contributed by atoms with E-state index in [0.717, 1.165) is 0 Å². The van der Waals surface area contributed by atoms with E-state index in [0.29, 0.717) is 0 Å². The Labute approximate surface area is 289 Å². The number of hydrogen-bond donors (Lipinski definition) is 6. The monoisotopic (exact) mass is 872 g/mol. The molecule has 0 aromatic heterocycles. The first kappa shape index (κ1) is 46.3. The van der Waals surface area contributed by atoms with Gasteiger partial charge in [-0.15, -0.1) is 0 Å². The molecule has 0 bridgehead atoms. The number of rotatable bonds is 4. The van der Waals surface area contributed by atoms with Crippen LogP contribution in [-0.2, 0) is 22.4 Å². The molecule has 0 amide bonds. The number of benzene rings is 3. The Morgan fingerprint density at radius 3 is 0.625 bits per heavy atom. The lowest BCUT2D eigenvalue weighted by molar-refractivity contribution is -0.379. The molecule has 0 aliphatic rings. The van der Waals surface area contributed by atoms with Crippen molar-refractivity contribution in [1.29, 1.82) is 0 Å². The minimum Gasteiger partial charge on any atom is -0.398 e. The van der Waals surface area contributed by atoms with Crippen molar-refractivity contribution in [1.82, 2.24) is 0 Å². The predicted octanol–water partition coefficient (Wildman–Crippen LogP) is 8.41. The van der Waals surface area contributed by atoms with E-state index in [-0.39, 0.29) is 0 Å². The van der Waals surface area contributed by atoms with Gasteiger partial charge in [0.2, 0.25) is 0 Å². The molecule has 8 N–H and O–H groups in total. The van der Waals surface area contributed by atoms with E-state index in [1.54, 1.807) is 0 Å². The van der Waals surface area contributed by atoms with Crippen LogP contribution in [0.4, 0.5) is 117 Å². The van der Waals surface area contributed by atoms with Gasteiger partial charge in [-0.1, -0.05) is 12.1 Å². The topological polar surface area (TPSA) is 133 Å². The van der Waals surface area contributed by atoms with Gasteiger partial charge in [-0.3, -0.25) is 0 Å². The van der Waals surface area contributed by atoms with Gasteiger partial charge in [0.05, 0.1) is 0 Å². The lowest BCUT2D eigenvalue weighted by Crippen LogP contribution is -2.56. The summed E-state index contributed by atoms with van der Waals surface area (Å²) >= 11 is 0. The van der Waals surface area contributed by atoms with Crippen LogP contribution >= 0.6 is 0 Å². The molecule has 0 saturated carbocycles. The number of anilines is 2. The molecule has 0 aliphatic carbocycles. The van der Waals surface area contributed by atoms with Crippen LogP contribution in [0.3, 0.4) is 0 Å². The lowest BCUT2D eigenvalue weighted by atomic mass is 9.76. The van der Waals surface area contributed by atoms with Crippen molar-refractivity contribution in [3.05, 3.63) is 46.5 Å². The van der Waals surface area contributed by atoms with E-state index in [9.17, 15) is 126 Å². The van der Waals surface area contributed by atoms with Crippen molar-refractivity contribution in [2.24, 2.45) is 0 Å². The van der Waals surface area contributed by atoms with Crippen LogP contribution in [0, 0.1) is 0 Å². The Kier molecular flexibility index (Phi) is 10.1. The molecular weight excluding hydrogens is 860 g/mol. The molecule has 3 aromatic rings. The van der Waals surface area contributed by atoms with Crippen molar-refractivity contribution in [3.8, 4) is 0 Å². The van der Waals surface area contributed by atoms with Crippen molar-refractivity contribution < 1.29 is 126 Å². The quantitative estimate of drug-likeness (QED) is 0.0887. The number of aliphatic hydroxyl groups is 4. The highest BCUT2D eigenvalue weighted by Crippen LogP contribution is 2.62. The molecular formula is C26H12F24N2O4. The molecule has 3 rings (SSSR count). The molecule has 0 fully saturated rings. The van der Waals surface area contributed by atoms with Gasteiger partial charge in [0.1, 0.15) is 0 Å². The smallest absolute Gasteiger partial charge is 0.398 e. The fourth-order valence-electron chi connectivity index (χ4n) is 5.52. The van der Waals surface area contributed by atoms with Gasteiger partial charge in [0.15, 0.2) is 0 Å². The lowest BCUT2D eigenvalue weighted by Gasteiger charge is -2.39. The van der Waals surface area contributed by atoms with Crippen LogP contribution in [0.5, 0.6) is 0 Å². The maximum absolute atomic E-state index is 14.3. The van der Waals surface area contributed by atoms with E-state index in [1.807, 2.05) is 0 Å². The Bertz CT molecular complexity index is 1830. The number of fused-ring (bicyclic) bond motifs is 3. The minimum absolute atomic E-state index is 0.634. The molecule has 0 heterocycles. The molecule has 6 nitrogen and oxygen atoms in total. The van der Waals surface area contributed by atoms with Crippen molar-refractivity contribution in [2.75, 3.05) is 11.5 Å². The molecule has 56 heavy (non-hydrogen) atoms. The van der Waals surface area contributed by atoms with Crippen LogP contribution in [0.15, 0.2) is 24.3 Å². The summed E-state index contributed by atoms with van der Waals surface area (Å²) in [4.78, 5) is 0. The van der Waals surface area contributed by atoms with E-state index in [1.165, 1.54) is 0 Å². The Balaban J connectivity index is 3.17. The van der Waals surface area contributed by atoms with Gasteiger partial charge < -0.3 is 31.9 Å². The average Bonchev–Trinajstić information content (AvgIpc) is 2.95. The summed E-state index contributed by atoms with van der Waals surface area (Å²) < 4.78 is 337. The molecule has 318 valence electrons. The number of halogens is 24. The maximum Gasteiger partial charge on any atom is 0.430 e. The normalized spacial score (nSPS) is 15.6. The fourth-order valence-corrected chi connectivity index (χ4v) is 5.52. The van der Waals surface area contributed by atoms with Crippen LogP contribution in [0.25, 0.3) is 21.5 Å². The second-order valence-corrected chi connectivity index (χ2v) is 11.5. The second-order valence-electron chi connectivity index (χ2n) is 11.5. The van der Waals surface area contributed by atoms with E-state index >= 15 is 0 Å². The summed E-state index contributed by atoms with van der Waals surface area (Å²) in [6.45, 7) is 0. The number of nitrogens with two attached hydrogens (primary N) is 2. The summed E-state index contributed by atoms with van der Waals surface area (Å²) in [7, 11) is 0. The van der Waals surface area contributed by atoms with Gasteiger partial charge in [-0.2, -0.15) is 105 Å². The fraction of sp³-hybridized carbons (Fsp3) is 0.462. The molecule has 30 heteroatoms. The van der Waals surface area contributed by atoms with Crippen LogP contribution in [0.2, 0.25) is 0 Å². The first-order chi connectivity index (χ1) is 24.3. The number of hydrogen-bond acceptors (Lipinski definition) is 6. The summed E-state index contributed by atoms with van der Waals surface area (Å²) in [5.74, 6) is 0. The third kappa shape index (κ3) is 6.02. The average molecular weight is 872 g/mol. The largest absolute Gasteiger partial charge is 0.430 e.